The number of rotatable bonds is 5. The lowest BCUT2D eigenvalue weighted by Gasteiger charge is -2.16. The van der Waals surface area contributed by atoms with Crippen LogP contribution in [0.25, 0.3) is 0 Å². The van der Waals surface area contributed by atoms with Gasteiger partial charge in [0.25, 0.3) is 0 Å². The van der Waals surface area contributed by atoms with E-state index in [1.54, 1.807) is 0 Å². The zero-order valence-electron chi connectivity index (χ0n) is 10.2. The molecule has 0 bridgehead atoms. The summed E-state index contributed by atoms with van der Waals surface area (Å²) in [5, 5.41) is 13.7. The Kier molecular flexibility index (Phi) is 4.94. The third-order valence-corrected chi connectivity index (χ3v) is 4.52. The molecule has 1 aliphatic rings. The van der Waals surface area contributed by atoms with E-state index < -0.39 is 33.9 Å². The van der Waals surface area contributed by atoms with Crippen LogP contribution < -0.4 is 10.6 Å². The predicted octanol–water partition coefficient (Wildman–Crippen LogP) is -0.274. The van der Waals surface area contributed by atoms with Crippen molar-refractivity contribution in [2.24, 2.45) is 0 Å². The van der Waals surface area contributed by atoms with E-state index in [1.807, 2.05) is 6.92 Å². The molecule has 2 amide bonds. The number of nitrogens with one attached hydrogen (secondary N) is 2. The number of sulfone groups is 1. The number of aliphatic carboxylic acids is 1. The molecule has 3 N–H and O–H groups in total. The van der Waals surface area contributed by atoms with E-state index in [0.717, 1.165) is 0 Å². The van der Waals surface area contributed by atoms with E-state index in [0.29, 0.717) is 19.3 Å². The van der Waals surface area contributed by atoms with Gasteiger partial charge in [0, 0.05) is 6.04 Å². The van der Waals surface area contributed by atoms with Crippen molar-refractivity contribution in [2.45, 2.75) is 38.3 Å². The first-order chi connectivity index (χ1) is 8.34. The van der Waals surface area contributed by atoms with Crippen molar-refractivity contribution in [3.05, 3.63) is 0 Å². The highest BCUT2D eigenvalue weighted by molar-refractivity contribution is 7.91. The Morgan fingerprint density at radius 2 is 2.11 bits per heavy atom. The molecule has 1 heterocycles. The highest BCUT2D eigenvalue weighted by Crippen LogP contribution is 2.11. The molecule has 0 aromatic carbocycles. The fourth-order valence-electron chi connectivity index (χ4n) is 1.84. The summed E-state index contributed by atoms with van der Waals surface area (Å²) in [6, 6.07) is -1.99. The first-order valence-electron chi connectivity index (χ1n) is 5.84. The summed E-state index contributed by atoms with van der Waals surface area (Å²) in [6.07, 6.45) is 1.35. The standard InChI is InChI=1S/C10H18N2O5S/c1-2-3-8(9(13)14)12-10(15)11-7-4-5-18(16,17)6-7/h7-8H,2-6H2,1H3,(H,13,14)(H2,11,12,15)/t7?,8-/m0/s1. The molecule has 104 valence electrons. The summed E-state index contributed by atoms with van der Waals surface area (Å²) < 4.78 is 22.4. The maximum absolute atomic E-state index is 11.5. The lowest BCUT2D eigenvalue weighted by molar-refractivity contribution is -0.139. The van der Waals surface area contributed by atoms with E-state index in [4.69, 9.17) is 5.11 Å². The fraction of sp³-hybridized carbons (Fsp3) is 0.800. The molecule has 1 unspecified atom stereocenters. The van der Waals surface area contributed by atoms with Crippen LogP contribution in [0.3, 0.4) is 0 Å². The van der Waals surface area contributed by atoms with Crippen molar-refractivity contribution in [2.75, 3.05) is 11.5 Å². The summed E-state index contributed by atoms with van der Waals surface area (Å²) in [5.41, 5.74) is 0. The molecular weight excluding hydrogens is 260 g/mol. The molecule has 1 rings (SSSR count). The van der Waals surface area contributed by atoms with Gasteiger partial charge in [-0.25, -0.2) is 18.0 Å². The van der Waals surface area contributed by atoms with Crippen molar-refractivity contribution in [3.8, 4) is 0 Å². The van der Waals surface area contributed by atoms with Crippen LogP contribution in [0.15, 0.2) is 0 Å². The molecule has 1 fully saturated rings. The molecule has 2 atom stereocenters. The van der Waals surface area contributed by atoms with Gasteiger partial charge in [0.05, 0.1) is 11.5 Å². The minimum Gasteiger partial charge on any atom is -0.480 e. The monoisotopic (exact) mass is 278 g/mol. The van der Waals surface area contributed by atoms with E-state index in [1.165, 1.54) is 0 Å². The normalized spacial score (nSPS) is 23.3. The van der Waals surface area contributed by atoms with Crippen molar-refractivity contribution in [1.82, 2.24) is 10.6 Å². The average Bonchev–Trinajstić information content (AvgIpc) is 2.57. The van der Waals surface area contributed by atoms with E-state index >= 15 is 0 Å². The largest absolute Gasteiger partial charge is 0.480 e. The van der Waals surface area contributed by atoms with E-state index in [9.17, 15) is 18.0 Å². The number of carbonyl (C=O) groups is 2. The minimum atomic E-state index is -3.05. The fourth-order valence-corrected chi connectivity index (χ4v) is 3.51. The lowest BCUT2D eigenvalue weighted by atomic mass is 10.2. The van der Waals surface area contributed by atoms with Crippen molar-refractivity contribution >= 4 is 21.8 Å². The summed E-state index contributed by atoms with van der Waals surface area (Å²) in [6.45, 7) is 1.82. The molecule has 7 nitrogen and oxygen atoms in total. The molecule has 0 aliphatic carbocycles. The third kappa shape index (κ3) is 4.52. The molecule has 18 heavy (non-hydrogen) atoms. The topological polar surface area (TPSA) is 113 Å². The van der Waals surface area contributed by atoms with Crippen molar-refractivity contribution < 1.29 is 23.1 Å². The summed E-state index contributed by atoms with van der Waals surface area (Å²) >= 11 is 0. The van der Waals surface area contributed by atoms with Crippen molar-refractivity contribution in [3.63, 3.8) is 0 Å². The lowest BCUT2D eigenvalue weighted by Crippen LogP contribution is -2.49. The highest BCUT2D eigenvalue weighted by Gasteiger charge is 2.29. The van der Waals surface area contributed by atoms with Gasteiger partial charge in [0.2, 0.25) is 0 Å². The Morgan fingerprint density at radius 1 is 1.44 bits per heavy atom. The van der Waals surface area contributed by atoms with Crippen LogP contribution in [0.5, 0.6) is 0 Å². The summed E-state index contributed by atoms with van der Waals surface area (Å²) in [4.78, 5) is 22.3. The number of hydrogen-bond donors (Lipinski definition) is 3. The van der Waals surface area contributed by atoms with Crippen LogP contribution in [0, 0.1) is 0 Å². The number of amides is 2. The van der Waals surface area contributed by atoms with E-state index in [-0.39, 0.29) is 11.5 Å². The van der Waals surface area contributed by atoms with Crippen molar-refractivity contribution in [1.29, 1.82) is 0 Å². The Bertz CT molecular complexity index is 420. The quantitative estimate of drug-likeness (QED) is 0.640. The van der Waals surface area contributed by atoms with Crippen LogP contribution >= 0.6 is 0 Å². The zero-order chi connectivity index (χ0) is 13.8. The second kappa shape index (κ2) is 6.03. The van der Waals surface area contributed by atoms with Gasteiger partial charge in [-0.1, -0.05) is 13.3 Å². The van der Waals surface area contributed by atoms with Gasteiger partial charge in [-0.2, -0.15) is 0 Å². The summed E-state index contributed by atoms with van der Waals surface area (Å²) in [7, 11) is -3.05. The van der Waals surface area contributed by atoms with Gasteiger partial charge < -0.3 is 15.7 Å². The Balaban J connectivity index is 2.44. The second-order valence-corrected chi connectivity index (χ2v) is 6.63. The van der Waals surface area contributed by atoms with Crippen LogP contribution in [0.4, 0.5) is 4.79 Å². The molecule has 0 saturated carbocycles. The maximum atomic E-state index is 11.5. The van der Waals surface area contributed by atoms with Crippen LogP contribution in [0.1, 0.15) is 26.2 Å². The van der Waals surface area contributed by atoms with Crippen LogP contribution in [-0.4, -0.2) is 49.1 Å². The zero-order valence-corrected chi connectivity index (χ0v) is 11.0. The molecule has 0 aromatic rings. The Labute approximate surface area is 106 Å². The summed E-state index contributed by atoms with van der Waals surface area (Å²) in [5.74, 6) is -1.10. The SMILES string of the molecule is CCC[C@H](NC(=O)NC1CCS(=O)(=O)C1)C(=O)O. The van der Waals surface area contributed by atoms with Crippen LogP contribution in [0.2, 0.25) is 0 Å². The van der Waals surface area contributed by atoms with Gasteiger partial charge in [0.1, 0.15) is 6.04 Å². The van der Waals surface area contributed by atoms with Gasteiger partial charge in [-0.15, -0.1) is 0 Å². The first-order valence-corrected chi connectivity index (χ1v) is 7.66. The van der Waals surface area contributed by atoms with E-state index in [2.05, 4.69) is 10.6 Å². The maximum Gasteiger partial charge on any atom is 0.326 e. The minimum absolute atomic E-state index is 0.0647. The molecule has 0 radical (unpaired) electrons. The smallest absolute Gasteiger partial charge is 0.326 e. The Morgan fingerprint density at radius 3 is 2.56 bits per heavy atom. The molecule has 0 aromatic heterocycles. The average molecular weight is 278 g/mol. The van der Waals surface area contributed by atoms with Gasteiger partial charge in [-0.3, -0.25) is 0 Å². The molecule has 8 heteroatoms. The second-order valence-electron chi connectivity index (χ2n) is 4.40. The van der Waals surface area contributed by atoms with Gasteiger partial charge in [-0.05, 0) is 12.8 Å². The number of urea groups is 1. The molecular formula is C10H18N2O5S. The van der Waals surface area contributed by atoms with Gasteiger partial charge >= 0.3 is 12.0 Å². The van der Waals surface area contributed by atoms with Crippen LogP contribution in [-0.2, 0) is 14.6 Å². The number of carboxylic acids is 1. The van der Waals surface area contributed by atoms with Gasteiger partial charge in [0.15, 0.2) is 9.84 Å². The predicted molar refractivity (Wildman–Crippen MR) is 65.1 cm³/mol. The number of hydrogen-bond acceptors (Lipinski definition) is 4. The molecule has 0 spiro atoms. The number of carboxylic acid groups (broad SMARTS) is 1. The Hall–Kier alpha value is -1.31. The molecule has 1 saturated heterocycles. The highest BCUT2D eigenvalue weighted by atomic mass is 32.2. The number of carbonyl (C=O) groups excluding carboxylic acids is 1. The first kappa shape index (κ1) is 14.7. The molecule has 1 aliphatic heterocycles. The third-order valence-electron chi connectivity index (χ3n) is 2.75.